The van der Waals surface area contributed by atoms with Crippen LogP contribution in [0.4, 0.5) is 0 Å². The zero-order valence-electron chi connectivity index (χ0n) is 5.54. The van der Waals surface area contributed by atoms with Gasteiger partial charge in [0.05, 0.1) is 4.99 Å². The van der Waals surface area contributed by atoms with Gasteiger partial charge in [-0.2, -0.15) is 0 Å². The quantitative estimate of drug-likeness (QED) is 0.544. The Hall–Kier alpha value is -0.480. The van der Waals surface area contributed by atoms with E-state index in [1.165, 1.54) is 4.90 Å². The van der Waals surface area contributed by atoms with Crippen LogP contribution in [0, 0.1) is 0 Å². The molecule has 10 heavy (non-hydrogen) atoms. The molecular formula is C6H9NO2S. The Labute approximate surface area is 64.6 Å². The zero-order valence-corrected chi connectivity index (χ0v) is 6.36. The summed E-state index contributed by atoms with van der Waals surface area (Å²) >= 11 is 4.88. The smallest absolute Gasteiger partial charge is 0.253 e. The Morgan fingerprint density at radius 1 is 1.80 bits per heavy atom. The lowest BCUT2D eigenvalue weighted by Gasteiger charge is -2.12. The van der Waals surface area contributed by atoms with Crippen molar-refractivity contribution in [1.29, 1.82) is 0 Å². The third-order valence-electron chi connectivity index (χ3n) is 1.51. The lowest BCUT2D eigenvalue weighted by atomic mass is 10.4. The summed E-state index contributed by atoms with van der Waals surface area (Å²) in [6.45, 7) is 0.248. The average molecular weight is 159 g/mol. The van der Waals surface area contributed by atoms with Gasteiger partial charge >= 0.3 is 0 Å². The highest BCUT2D eigenvalue weighted by Gasteiger charge is 2.21. The van der Waals surface area contributed by atoms with Crippen molar-refractivity contribution in [1.82, 2.24) is 4.90 Å². The molecule has 1 saturated heterocycles. The number of carbonyl (C=O) groups is 1. The van der Waals surface area contributed by atoms with E-state index >= 15 is 0 Å². The second-order valence-corrected chi connectivity index (χ2v) is 2.67. The highest BCUT2D eigenvalue weighted by atomic mass is 32.1. The number of hydrogen-bond donors (Lipinski definition) is 1. The summed E-state index contributed by atoms with van der Waals surface area (Å²) in [5.74, 6) is -0.275. The van der Waals surface area contributed by atoms with Crippen LogP contribution in [0.1, 0.15) is 12.8 Å². The van der Waals surface area contributed by atoms with Crippen LogP contribution in [0.2, 0.25) is 0 Å². The van der Waals surface area contributed by atoms with E-state index in [1.807, 2.05) is 0 Å². The summed E-state index contributed by atoms with van der Waals surface area (Å²) in [6.07, 6.45) is 1.74. The molecule has 56 valence electrons. The van der Waals surface area contributed by atoms with Crippen molar-refractivity contribution in [2.75, 3.05) is 13.2 Å². The lowest BCUT2D eigenvalue weighted by molar-refractivity contribution is -0.129. The number of likely N-dealkylation sites (tertiary alicyclic amines) is 1. The number of aliphatic hydroxyl groups is 1. The topological polar surface area (TPSA) is 40.5 Å². The van der Waals surface area contributed by atoms with E-state index in [9.17, 15) is 4.79 Å². The van der Waals surface area contributed by atoms with Gasteiger partial charge in [-0.15, -0.1) is 0 Å². The molecule has 1 rings (SSSR count). The first kappa shape index (κ1) is 7.63. The molecular weight excluding hydrogens is 150 g/mol. The van der Waals surface area contributed by atoms with E-state index in [0.717, 1.165) is 12.8 Å². The van der Waals surface area contributed by atoms with Crippen LogP contribution < -0.4 is 0 Å². The van der Waals surface area contributed by atoms with Gasteiger partial charge in [0.15, 0.2) is 0 Å². The molecule has 0 atom stereocenters. The van der Waals surface area contributed by atoms with Crippen molar-refractivity contribution in [3.8, 4) is 0 Å². The third-order valence-corrected chi connectivity index (χ3v) is 1.93. The first-order valence-electron chi connectivity index (χ1n) is 3.20. The molecule has 0 unspecified atom stereocenters. The Morgan fingerprint density at radius 2 is 2.50 bits per heavy atom. The molecule has 0 aromatic rings. The standard InChI is InChI=1S/C6H9NO2S/c8-4-5(9)7-3-1-2-6(7)10/h8H,1-4H2. The van der Waals surface area contributed by atoms with Crippen molar-refractivity contribution in [3.05, 3.63) is 0 Å². The van der Waals surface area contributed by atoms with Crippen LogP contribution in [0.25, 0.3) is 0 Å². The minimum Gasteiger partial charge on any atom is -0.387 e. The van der Waals surface area contributed by atoms with Gasteiger partial charge in [-0.05, 0) is 6.42 Å². The van der Waals surface area contributed by atoms with Crippen molar-refractivity contribution >= 4 is 23.1 Å². The molecule has 1 N–H and O–H groups in total. The Bertz CT molecular complexity index is 169. The number of nitrogens with zero attached hydrogens (tertiary/aromatic N) is 1. The molecule has 4 heteroatoms. The first-order valence-corrected chi connectivity index (χ1v) is 3.60. The minimum atomic E-state index is -0.430. The van der Waals surface area contributed by atoms with Gasteiger partial charge in [0, 0.05) is 13.0 Å². The number of hydrogen-bond acceptors (Lipinski definition) is 3. The van der Waals surface area contributed by atoms with Crippen LogP contribution in [-0.2, 0) is 4.79 Å². The fraction of sp³-hybridized carbons (Fsp3) is 0.667. The second kappa shape index (κ2) is 3.07. The maximum absolute atomic E-state index is 10.8. The largest absolute Gasteiger partial charge is 0.387 e. The average Bonchev–Trinajstić information content (AvgIpc) is 2.34. The molecule has 1 aliphatic rings. The predicted octanol–water partition coefficient (Wildman–Crippen LogP) is -0.0715. The summed E-state index contributed by atoms with van der Waals surface area (Å²) in [7, 11) is 0. The molecule has 0 spiro atoms. The number of carbonyl (C=O) groups excluding carboxylic acids is 1. The summed E-state index contributed by atoms with van der Waals surface area (Å²) in [5.41, 5.74) is 0. The molecule has 0 bridgehead atoms. The summed E-state index contributed by atoms with van der Waals surface area (Å²) in [5, 5.41) is 8.46. The first-order chi connectivity index (χ1) is 4.75. The van der Waals surface area contributed by atoms with Crippen LogP contribution in [0.15, 0.2) is 0 Å². The van der Waals surface area contributed by atoms with Crippen molar-refractivity contribution in [3.63, 3.8) is 0 Å². The van der Waals surface area contributed by atoms with Crippen LogP contribution in [0.3, 0.4) is 0 Å². The molecule has 1 aliphatic heterocycles. The van der Waals surface area contributed by atoms with Gasteiger partial charge < -0.3 is 10.0 Å². The maximum Gasteiger partial charge on any atom is 0.253 e. The van der Waals surface area contributed by atoms with E-state index in [-0.39, 0.29) is 5.91 Å². The highest BCUT2D eigenvalue weighted by Crippen LogP contribution is 2.10. The summed E-state index contributed by atoms with van der Waals surface area (Å²) < 4.78 is 0. The predicted molar refractivity (Wildman–Crippen MR) is 40.6 cm³/mol. The molecule has 0 aliphatic carbocycles. The highest BCUT2D eigenvalue weighted by molar-refractivity contribution is 7.80. The zero-order chi connectivity index (χ0) is 7.56. The van der Waals surface area contributed by atoms with Crippen molar-refractivity contribution in [2.24, 2.45) is 0 Å². The van der Waals surface area contributed by atoms with Crippen LogP contribution >= 0.6 is 12.2 Å². The molecule has 0 radical (unpaired) electrons. The van der Waals surface area contributed by atoms with Gasteiger partial charge in [-0.1, -0.05) is 12.2 Å². The van der Waals surface area contributed by atoms with Gasteiger partial charge in [-0.3, -0.25) is 4.79 Å². The van der Waals surface area contributed by atoms with E-state index in [2.05, 4.69) is 0 Å². The minimum absolute atomic E-state index is 0.275. The number of amides is 1. The fourth-order valence-electron chi connectivity index (χ4n) is 0.997. The van der Waals surface area contributed by atoms with Crippen molar-refractivity contribution in [2.45, 2.75) is 12.8 Å². The molecule has 0 aromatic carbocycles. The third kappa shape index (κ3) is 1.33. The summed E-state index contributed by atoms with van der Waals surface area (Å²) in [6, 6.07) is 0. The van der Waals surface area contributed by atoms with Crippen LogP contribution in [-0.4, -0.2) is 34.1 Å². The van der Waals surface area contributed by atoms with E-state index < -0.39 is 6.61 Å². The van der Waals surface area contributed by atoms with E-state index in [1.54, 1.807) is 0 Å². The maximum atomic E-state index is 10.8. The second-order valence-electron chi connectivity index (χ2n) is 2.20. The molecule has 1 heterocycles. The van der Waals surface area contributed by atoms with Gasteiger partial charge in [0.2, 0.25) is 0 Å². The fourth-order valence-corrected chi connectivity index (χ4v) is 1.33. The molecule has 1 fully saturated rings. The number of thiocarbonyl (C=S) groups is 1. The molecule has 0 saturated carbocycles. The summed E-state index contributed by atoms with van der Waals surface area (Å²) in [4.78, 5) is 12.9. The van der Waals surface area contributed by atoms with E-state index in [0.29, 0.717) is 11.5 Å². The molecule has 0 aromatic heterocycles. The lowest BCUT2D eigenvalue weighted by Crippen LogP contribution is -2.32. The molecule has 1 amide bonds. The van der Waals surface area contributed by atoms with Gasteiger partial charge in [-0.25, -0.2) is 0 Å². The van der Waals surface area contributed by atoms with Crippen LogP contribution in [0.5, 0.6) is 0 Å². The Balaban J connectivity index is 2.55. The van der Waals surface area contributed by atoms with Gasteiger partial charge in [0.1, 0.15) is 6.61 Å². The Kier molecular flexibility index (Phi) is 2.34. The van der Waals surface area contributed by atoms with Crippen molar-refractivity contribution < 1.29 is 9.90 Å². The SMILES string of the molecule is O=C(CO)N1CCCC1=S. The monoisotopic (exact) mass is 159 g/mol. The molecule has 3 nitrogen and oxygen atoms in total. The number of aliphatic hydroxyl groups excluding tert-OH is 1. The van der Waals surface area contributed by atoms with Gasteiger partial charge in [0.25, 0.3) is 5.91 Å². The number of rotatable bonds is 1. The Morgan fingerprint density at radius 3 is 2.90 bits per heavy atom. The normalized spacial score (nSPS) is 18.1. The van der Waals surface area contributed by atoms with E-state index in [4.69, 9.17) is 17.3 Å².